The molecular weight excluding hydrogens is 349 g/mol. The summed E-state index contributed by atoms with van der Waals surface area (Å²) in [6.45, 7) is 1.96. The smallest absolute Gasteiger partial charge is 0.255 e. The molecule has 8 heteroatoms. The zero-order valence-corrected chi connectivity index (χ0v) is 14.2. The number of hydrogen-bond acceptors (Lipinski definition) is 4. The Hall–Kier alpha value is -2.44. The van der Waals surface area contributed by atoms with Gasteiger partial charge in [-0.2, -0.15) is 4.68 Å². The van der Waals surface area contributed by atoms with Gasteiger partial charge in [0.05, 0.1) is 21.4 Å². The first kappa shape index (κ1) is 16.4. The van der Waals surface area contributed by atoms with Crippen LogP contribution >= 0.6 is 23.2 Å². The molecule has 0 aliphatic heterocycles. The quantitative estimate of drug-likeness (QED) is 0.767. The van der Waals surface area contributed by atoms with Gasteiger partial charge in [0, 0.05) is 12.0 Å². The van der Waals surface area contributed by atoms with Gasteiger partial charge in [-0.15, -0.1) is 5.10 Å². The van der Waals surface area contributed by atoms with E-state index in [9.17, 15) is 4.79 Å². The molecule has 122 valence electrons. The molecule has 0 radical (unpaired) electrons. The average Bonchev–Trinajstić information content (AvgIpc) is 3.06. The minimum Gasteiger partial charge on any atom is -0.320 e. The Morgan fingerprint density at radius 2 is 1.96 bits per heavy atom. The number of hydrogen-bond donors (Lipinski definition) is 1. The summed E-state index contributed by atoms with van der Waals surface area (Å²) in [4.78, 5) is 12.5. The molecule has 3 rings (SSSR count). The fraction of sp³-hybridized carbons (Fsp3) is 0.125. The summed E-state index contributed by atoms with van der Waals surface area (Å²) in [6.07, 6.45) is 0.669. The van der Waals surface area contributed by atoms with Crippen molar-refractivity contribution in [2.24, 2.45) is 0 Å². The Kier molecular flexibility index (Phi) is 4.78. The first-order valence-electron chi connectivity index (χ1n) is 7.23. The summed E-state index contributed by atoms with van der Waals surface area (Å²) >= 11 is 11.9. The van der Waals surface area contributed by atoms with E-state index in [1.807, 2.05) is 25.1 Å². The fourth-order valence-corrected chi connectivity index (χ4v) is 2.51. The number of rotatable bonds is 4. The number of para-hydroxylation sites is 2. The first-order valence-corrected chi connectivity index (χ1v) is 7.98. The van der Waals surface area contributed by atoms with Crippen LogP contribution in [0.2, 0.25) is 10.0 Å². The predicted octanol–water partition coefficient (Wildman–Crippen LogP) is 3.78. The molecule has 0 atom stereocenters. The Balaban J connectivity index is 1.93. The van der Waals surface area contributed by atoms with E-state index >= 15 is 0 Å². The molecule has 24 heavy (non-hydrogen) atoms. The second-order valence-corrected chi connectivity index (χ2v) is 5.78. The molecule has 1 heterocycles. The van der Waals surface area contributed by atoms with Gasteiger partial charge in [-0.1, -0.05) is 42.3 Å². The topological polar surface area (TPSA) is 72.7 Å². The highest BCUT2D eigenvalue weighted by Crippen LogP contribution is 2.24. The zero-order chi connectivity index (χ0) is 17.1. The molecule has 0 spiro atoms. The van der Waals surface area contributed by atoms with Crippen molar-refractivity contribution in [3.05, 3.63) is 63.9 Å². The summed E-state index contributed by atoms with van der Waals surface area (Å²) in [7, 11) is 0. The van der Waals surface area contributed by atoms with Gasteiger partial charge in [-0.3, -0.25) is 4.79 Å². The second-order valence-electron chi connectivity index (χ2n) is 4.96. The van der Waals surface area contributed by atoms with Crippen molar-refractivity contribution >= 4 is 34.8 Å². The number of aromatic nitrogens is 4. The van der Waals surface area contributed by atoms with Crippen LogP contribution in [0.4, 0.5) is 5.69 Å². The van der Waals surface area contributed by atoms with Crippen LogP contribution in [-0.2, 0) is 6.42 Å². The number of amides is 1. The average molecular weight is 362 g/mol. The van der Waals surface area contributed by atoms with Crippen molar-refractivity contribution in [2.45, 2.75) is 13.3 Å². The van der Waals surface area contributed by atoms with E-state index in [1.54, 1.807) is 22.9 Å². The summed E-state index contributed by atoms with van der Waals surface area (Å²) in [5, 5.41) is 15.2. The van der Waals surface area contributed by atoms with Crippen molar-refractivity contribution in [2.75, 3.05) is 5.32 Å². The van der Waals surface area contributed by atoms with E-state index in [4.69, 9.17) is 23.2 Å². The molecule has 3 aromatic rings. The molecule has 1 N–H and O–H groups in total. The summed E-state index contributed by atoms with van der Waals surface area (Å²) in [5.74, 6) is 0.401. The monoisotopic (exact) mass is 361 g/mol. The first-order chi connectivity index (χ1) is 11.6. The molecule has 0 aliphatic carbocycles. The van der Waals surface area contributed by atoms with Gasteiger partial charge in [0.1, 0.15) is 0 Å². The van der Waals surface area contributed by atoms with E-state index in [0.717, 1.165) is 0 Å². The van der Waals surface area contributed by atoms with Gasteiger partial charge in [0.25, 0.3) is 5.91 Å². The number of nitrogens with zero attached hydrogens (tertiary/aromatic N) is 4. The lowest BCUT2D eigenvalue weighted by atomic mass is 10.2. The lowest BCUT2D eigenvalue weighted by Gasteiger charge is -2.12. The summed E-state index contributed by atoms with van der Waals surface area (Å²) in [6, 6.07) is 12.0. The summed E-state index contributed by atoms with van der Waals surface area (Å²) in [5.41, 5.74) is 1.69. The van der Waals surface area contributed by atoms with Crippen LogP contribution in [0.5, 0.6) is 0 Å². The molecule has 6 nitrogen and oxygen atoms in total. The number of halogens is 2. The van der Waals surface area contributed by atoms with Gasteiger partial charge >= 0.3 is 0 Å². The zero-order valence-electron chi connectivity index (χ0n) is 12.7. The van der Waals surface area contributed by atoms with Crippen molar-refractivity contribution in [3.8, 4) is 5.69 Å². The molecule has 0 unspecified atom stereocenters. The van der Waals surface area contributed by atoms with Crippen LogP contribution in [-0.4, -0.2) is 26.1 Å². The van der Waals surface area contributed by atoms with Crippen LogP contribution in [0, 0.1) is 0 Å². The molecular formula is C16H13Cl2N5O. The van der Waals surface area contributed by atoms with Gasteiger partial charge in [0.2, 0.25) is 0 Å². The maximum absolute atomic E-state index is 12.5. The highest BCUT2D eigenvalue weighted by Gasteiger charge is 2.14. The number of tetrazole rings is 1. The maximum atomic E-state index is 12.5. The standard InChI is InChI=1S/C16H13Cl2N5O/c1-2-15-20-21-22-23(15)14-6-4-3-5-13(14)19-16(24)10-7-8-11(17)12(18)9-10/h3-9H,2H2,1H3,(H,19,24). The lowest BCUT2D eigenvalue weighted by molar-refractivity contribution is 0.102. The molecule has 0 saturated heterocycles. The fourth-order valence-electron chi connectivity index (χ4n) is 2.21. The van der Waals surface area contributed by atoms with Crippen LogP contribution in [0.25, 0.3) is 5.69 Å². The highest BCUT2D eigenvalue weighted by atomic mass is 35.5. The number of nitrogens with one attached hydrogen (secondary N) is 1. The third-order valence-electron chi connectivity index (χ3n) is 3.41. The third kappa shape index (κ3) is 3.25. The van der Waals surface area contributed by atoms with E-state index in [0.29, 0.717) is 39.2 Å². The van der Waals surface area contributed by atoms with Crippen LogP contribution in [0.3, 0.4) is 0 Å². The molecule has 1 aromatic heterocycles. The molecule has 2 aromatic carbocycles. The van der Waals surface area contributed by atoms with Crippen molar-refractivity contribution in [1.82, 2.24) is 20.2 Å². The molecule has 0 bridgehead atoms. The molecule has 1 amide bonds. The SMILES string of the molecule is CCc1nnnn1-c1ccccc1NC(=O)c1ccc(Cl)c(Cl)c1. The lowest BCUT2D eigenvalue weighted by Crippen LogP contribution is -2.15. The van der Waals surface area contributed by atoms with Crippen molar-refractivity contribution < 1.29 is 4.79 Å². The second kappa shape index (κ2) is 6.98. The minimum absolute atomic E-state index is 0.299. The van der Waals surface area contributed by atoms with Crippen molar-refractivity contribution in [3.63, 3.8) is 0 Å². The molecule has 0 saturated carbocycles. The Labute approximate surface area is 148 Å². The number of carbonyl (C=O) groups excluding carboxylic acids is 1. The number of carbonyl (C=O) groups is 1. The van der Waals surface area contributed by atoms with Gasteiger partial charge in [0.15, 0.2) is 5.82 Å². The van der Waals surface area contributed by atoms with Crippen LogP contribution in [0.1, 0.15) is 23.1 Å². The van der Waals surface area contributed by atoms with Gasteiger partial charge in [-0.05, 0) is 40.8 Å². The third-order valence-corrected chi connectivity index (χ3v) is 4.15. The van der Waals surface area contributed by atoms with Crippen molar-refractivity contribution in [1.29, 1.82) is 0 Å². The van der Waals surface area contributed by atoms with E-state index < -0.39 is 0 Å². The van der Waals surface area contributed by atoms with E-state index in [2.05, 4.69) is 20.8 Å². The number of aryl methyl sites for hydroxylation is 1. The Bertz CT molecular complexity index is 894. The predicted molar refractivity (Wildman–Crippen MR) is 92.9 cm³/mol. The molecule has 0 fully saturated rings. The van der Waals surface area contributed by atoms with Crippen LogP contribution in [0.15, 0.2) is 42.5 Å². The Morgan fingerprint density at radius 1 is 1.17 bits per heavy atom. The van der Waals surface area contributed by atoms with E-state index in [1.165, 1.54) is 6.07 Å². The van der Waals surface area contributed by atoms with Gasteiger partial charge < -0.3 is 5.32 Å². The largest absolute Gasteiger partial charge is 0.320 e. The highest BCUT2D eigenvalue weighted by molar-refractivity contribution is 6.42. The Morgan fingerprint density at radius 3 is 2.71 bits per heavy atom. The van der Waals surface area contributed by atoms with E-state index in [-0.39, 0.29) is 5.91 Å². The molecule has 0 aliphatic rings. The number of benzene rings is 2. The minimum atomic E-state index is -0.299. The van der Waals surface area contributed by atoms with Gasteiger partial charge in [-0.25, -0.2) is 0 Å². The normalized spacial score (nSPS) is 10.6. The van der Waals surface area contributed by atoms with Crippen LogP contribution < -0.4 is 5.32 Å². The maximum Gasteiger partial charge on any atom is 0.255 e. The summed E-state index contributed by atoms with van der Waals surface area (Å²) < 4.78 is 1.60. The number of anilines is 1.